The molecule has 1 aromatic carbocycles. The Morgan fingerprint density at radius 3 is 2.33 bits per heavy atom. The van der Waals surface area contributed by atoms with Gasteiger partial charge in [0.1, 0.15) is 0 Å². The largest absolute Gasteiger partial charge is 0.478 e. The van der Waals surface area contributed by atoms with Crippen LogP contribution in [0.5, 0.6) is 0 Å². The number of rotatable bonds is 2. The van der Waals surface area contributed by atoms with E-state index in [4.69, 9.17) is 5.11 Å². The van der Waals surface area contributed by atoms with Crippen molar-refractivity contribution in [2.45, 2.75) is 13.1 Å². The highest BCUT2D eigenvalue weighted by molar-refractivity contribution is 9.10. The van der Waals surface area contributed by atoms with Gasteiger partial charge in [-0.05, 0) is 24.6 Å². The number of hydrogen-bond donors (Lipinski definition) is 2. The van der Waals surface area contributed by atoms with E-state index < -0.39 is 18.1 Å². The number of amides is 1. The van der Waals surface area contributed by atoms with E-state index in [1.807, 2.05) is 0 Å². The molecular formula is C10H7BrF3NO3. The maximum Gasteiger partial charge on any atom is 0.471 e. The molecule has 0 heterocycles. The van der Waals surface area contributed by atoms with E-state index in [9.17, 15) is 22.8 Å². The molecule has 18 heavy (non-hydrogen) atoms. The highest BCUT2D eigenvalue weighted by atomic mass is 79.9. The predicted octanol–water partition coefficient (Wildman–Crippen LogP) is 2.96. The lowest BCUT2D eigenvalue weighted by Gasteiger charge is -2.12. The Labute approximate surface area is 108 Å². The first kappa shape index (κ1) is 14.5. The molecule has 1 amide bonds. The lowest BCUT2D eigenvalue weighted by molar-refractivity contribution is -0.167. The summed E-state index contributed by atoms with van der Waals surface area (Å²) in [6.07, 6.45) is -5.03. The molecule has 0 spiro atoms. The second kappa shape index (κ2) is 4.97. The fourth-order valence-electron chi connectivity index (χ4n) is 1.13. The quantitative estimate of drug-likeness (QED) is 0.878. The molecule has 1 aromatic rings. The van der Waals surface area contributed by atoms with Crippen LogP contribution in [0.4, 0.5) is 18.9 Å². The fourth-order valence-corrected chi connectivity index (χ4v) is 1.59. The summed E-state index contributed by atoms with van der Waals surface area (Å²) in [6.45, 7) is 1.45. The van der Waals surface area contributed by atoms with Gasteiger partial charge in [-0.25, -0.2) is 4.79 Å². The molecule has 0 unspecified atom stereocenters. The van der Waals surface area contributed by atoms with Crippen molar-refractivity contribution < 1.29 is 27.9 Å². The van der Waals surface area contributed by atoms with Crippen molar-refractivity contribution in [1.29, 1.82) is 0 Å². The van der Waals surface area contributed by atoms with Gasteiger partial charge in [-0.3, -0.25) is 4.79 Å². The first-order valence-electron chi connectivity index (χ1n) is 4.54. The van der Waals surface area contributed by atoms with E-state index in [0.29, 0.717) is 10.0 Å². The zero-order valence-electron chi connectivity index (χ0n) is 8.93. The Kier molecular flexibility index (Phi) is 4.00. The first-order valence-corrected chi connectivity index (χ1v) is 5.34. The van der Waals surface area contributed by atoms with Crippen LogP contribution in [-0.2, 0) is 4.79 Å². The van der Waals surface area contributed by atoms with Crippen LogP contribution in [0.1, 0.15) is 15.9 Å². The second-order valence-electron chi connectivity index (χ2n) is 3.39. The van der Waals surface area contributed by atoms with E-state index in [1.165, 1.54) is 13.0 Å². The molecule has 0 aliphatic rings. The lowest BCUT2D eigenvalue weighted by atomic mass is 10.1. The van der Waals surface area contributed by atoms with Crippen molar-refractivity contribution >= 4 is 33.5 Å². The molecule has 8 heteroatoms. The van der Waals surface area contributed by atoms with Crippen molar-refractivity contribution in [2.75, 3.05) is 5.32 Å². The molecule has 98 valence electrons. The van der Waals surface area contributed by atoms with Gasteiger partial charge in [0.25, 0.3) is 0 Å². The number of alkyl halides is 3. The number of carbonyl (C=O) groups excluding carboxylic acids is 1. The smallest absolute Gasteiger partial charge is 0.471 e. The summed E-state index contributed by atoms with van der Waals surface area (Å²) in [7, 11) is 0. The van der Waals surface area contributed by atoms with Crippen molar-refractivity contribution in [2.24, 2.45) is 0 Å². The summed E-state index contributed by atoms with van der Waals surface area (Å²) in [5.41, 5.74) is -0.133. The Hall–Kier alpha value is -1.57. The average molecular weight is 326 g/mol. The lowest BCUT2D eigenvalue weighted by Crippen LogP contribution is -2.30. The van der Waals surface area contributed by atoms with E-state index >= 15 is 0 Å². The maximum absolute atomic E-state index is 12.1. The van der Waals surface area contributed by atoms with Gasteiger partial charge in [-0.2, -0.15) is 13.2 Å². The van der Waals surface area contributed by atoms with Gasteiger partial charge < -0.3 is 10.4 Å². The van der Waals surface area contributed by atoms with Crippen LogP contribution in [0, 0.1) is 6.92 Å². The van der Waals surface area contributed by atoms with E-state index in [-0.39, 0.29) is 11.3 Å². The van der Waals surface area contributed by atoms with Crippen LogP contribution in [-0.4, -0.2) is 23.2 Å². The highest BCUT2D eigenvalue weighted by Gasteiger charge is 2.39. The number of carboxylic acid groups (broad SMARTS) is 1. The molecule has 0 bridgehead atoms. The monoisotopic (exact) mass is 325 g/mol. The summed E-state index contributed by atoms with van der Waals surface area (Å²) in [5.74, 6) is -3.46. The van der Waals surface area contributed by atoms with Crippen molar-refractivity contribution in [1.82, 2.24) is 0 Å². The second-order valence-corrected chi connectivity index (χ2v) is 4.24. The average Bonchev–Trinajstić information content (AvgIpc) is 2.22. The summed E-state index contributed by atoms with van der Waals surface area (Å²) in [6, 6.07) is 2.20. The molecule has 0 aromatic heterocycles. The van der Waals surface area contributed by atoms with Gasteiger partial charge >= 0.3 is 18.1 Å². The first-order chi connectivity index (χ1) is 8.12. The number of anilines is 1. The Bertz CT molecular complexity index is 514. The number of carboxylic acids is 1. The maximum atomic E-state index is 12.1. The number of halogens is 4. The number of carbonyl (C=O) groups is 2. The molecule has 0 aliphatic carbocycles. The Balaban J connectivity index is 3.17. The molecule has 0 saturated heterocycles. The molecule has 4 nitrogen and oxygen atoms in total. The summed E-state index contributed by atoms with van der Waals surface area (Å²) in [5, 5.41) is 10.4. The van der Waals surface area contributed by atoms with E-state index in [2.05, 4.69) is 15.9 Å². The molecule has 0 radical (unpaired) electrons. The third-order valence-corrected chi connectivity index (χ3v) is 2.92. The third-order valence-electron chi connectivity index (χ3n) is 2.10. The molecule has 0 aliphatic heterocycles. The topological polar surface area (TPSA) is 66.4 Å². The predicted molar refractivity (Wildman–Crippen MR) is 60.5 cm³/mol. The van der Waals surface area contributed by atoms with Gasteiger partial charge in [-0.1, -0.05) is 15.9 Å². The molecule has 2 N–H and O–H groups in total. The van der Waals surface area contributed by atoms with Crippen LogP contribution in [0.25, 0.3) is 0 Å². The van der Waals surface area contributed by atoms with Crippen LogP contribution in [0.2, 0.25) is 0 Å². The fraction of sp³-hybridized carbons (Fsp3) is 0.200. The van der Waals surface area contributed by atoms with E-state index in [1.54, 1.807) is 5.32 Å². The minimum Gasteiger partial charge on any atom is -0.478 e. The van der Waals surface area contributed by atoms with Crippen LogP contribution in [0.3, 0.4) is 0 Å². The highest BCUT2D eigenvalue weighted by Crippen LogP contribution is 2.28. The number of aromatic carboxylic acids is 1. The van der Waals surface area contributed by atoms with Crippen molar-refractivity contribution in [3.63, 3.8) is 0 Å². The number of nitrogens with one attached hydrogen (secondary N) is 1. The Morgan fingerprint density at radius 1 is 1.33 bits per heavy atom. The third kappa shape index (κ3) is 3.22. The van der Waals surface area contributed by atoms with Crippen LogP contribution < -0.4 is 5.32 Å². The summed E-state index contributed by atoms with van der Waals surface area (Å²) < 4.78 is 36.5. The van der Waals surface area contributed by atoms with Gasteiger partial charge in [0.15, 0.2) is 0 Å². The van der Waals surface area contributed by atoms with E-state index in [0.717, 1.165) is 6.07 Å². The molecular weight excluding hydrogens is 319 g/mol. The van der Waals surface area contributed by atoms with Gasteiger partial charge in [0, 0.05) is 10.2 Å². The summed E-state index contributed by atoms with van der Waals surface area (Å²) in [4.78, 5) is 21.5. The molecule has 0 fully saturated rings. The molecule has 1 rings (SSSR count). The Morgan fingerprint density at radius 2 is 1.89 bits per heavy atom. The van der Waals surface area contributed by atoms with Gasteiger partial charge in [0.2, 0.25) is 0 Å². The standard InChI is InChI=1S/C10H7BrF3NO3/c1-4-6(11)2-5(8(16)17)3-7(4)15-9(18)10(12,13)14/h2-3H,1H3,(H,15,18)(H,16,17). The molecule has 0 atom stereocenters. The van der Waals surface area contributed by atoms with Gasteiger partial charge in [0.05, 0.1) is 5.56 Å². The van der Waals surface area contributed by atoms with Gasteiger partial charge in [-0.15, -0.1) is 0 Å². The summed E-state index contributed by atoms with van der Waals surface area (Å²) >= 11 is 3.01. The number of benzene rings is 1. The van der Waals surface area contributed by atoms with Crippen LogP contribution in [0.15, 0.2) is 16.6 Å². The normalized spacial score (nSPS) is 11.2. The SMILES string of the molecule is Cc1c(Br)cc(C(=O)O)cc1NC(=O)C(F)(F)F. The van der Waals surface area contributed by atoms with Crippen LogP contribution >= 0.6 is 15.9 Å². The van der Waals surface area contributed by atoms with Crippen molar-refractivity contribution in [3.8, 4) is 0 Å². The molecule has 0 saturated carbocycles. The number of hydrogen-bond acceptors (Lipinski definition) is 2. The minimum atomic E-state index is -5.03. The zero-order chi connectivity index (χ0) is 14.1. The zero-order valence-corrected chi connectivity index (χ0v) is 10.5. The minimum absolute atomic E-state index is 0.205. The van der Waals surface area contributed by atoms with Crippen molar-refractivity contribution in [3.05, 3.63) is 27.7 Å².